The van der Waals surface area contributed by atoms with Gasteiger partial charge in [-0.25, -0.2) is 0 Å². The van der Waals surface area contributed by atoms with Crippen molar-refractivity contribution >= 4 is 5.78 Å². The molecule has 1 nitrogen and oxygen atoms in total. The second-order valence-corrected chi connectivity index (χ2v) is 3.38. The van der Waals surface area contributed by atoms with Crippen LogP contribution in [0.25, 0.3) is 0 Å². The van der Waals surface area contributed by atoms with Gasteiger partial charge in [0, 0.05) is 6.42 Å². The quantitative estimate of drug-likeness (QED) is 0.586. The van der Waals surface area contributed by atoms with Gasteiger partial charge in [0.25, 0.3) is 0 Å². The molecule has 1 aliphatic carbocycles. The van der Waals surface area contributed by atoms with Crippen LogP contribution in [0.3, 0.4) is 0 Å². The Bertz CT molecular complexity index is 223. The number of Topliss-reactive ketones (excluding diaryl/α,β-unsaturated/α-hetero) is 1. The highest BCUT2D eigenvalue weighted by molar-refractivity contribution is 5.96. The van der Waals surface area contributed by atoms with Gasteiger partial charge in [0.15, 0.2) is 5.78 Å². The molecular weight excluding hydrogens is 148 g/mol. The molecule has 0 aromatic carbocycles. The highest BCUT2D eigenvalue weighted by Gasteiger charge is 2.14. The van der Waals surface area contributed by atoms with E-state index in [4.69, 9.17) is 0 Å². The molecule has 0 saturated carbocycles. The Morgan fingerprint density at radius 1 is 1.50 bits per heavy atom. The van der Waals surface area contributed by atoms with Crippen molar-refractivity contribution in [3.05, 3.63) is 23.8 Å². The van der Waals surface area contributed by atoms with E-state index in [0.29, 0.717) is 6.42 Å². The molecule has 0 saturated heterocycles. The molecule has 0 fully saturated rings. The maximum Gasteiger partial charge on any atom is 0.162 e. The molecule has 0 spiro atoms. The lowest BCUT2D eigenvalue weighted by Crippen LogP contribution is -2.07. The van der Waals surface area contributed by atoms with Gasteiger partial charge >= 0.3 is 0 Å². The zero-order chi connectivity index (χ0) is 8.97. The molecule has 0 N–H and O–H groups in total. The standard InChI is InChI=1S/C11H16O/c1-3-6-11(12)10-8-5-4-7-9(10)2/h3H,1,4-8H2,2H3. The Morgan fingerprint density at radius 3 is 2.75 bits per heavy atom. The molecule has 66 valence electrons. The fraction of sp³-hybridized carbons (Fsp3) is 0.545. The van der Waals surface area contributed by atoms with Crippen molar-refractivity contribution in [2.75, 3.05) is 0 Å². The molecule has 12 heavy (non-hydrogen) atoms. The lowest BCUT2D eigenvalue weighted by molar-refractivity contribution is -0.115. The van der Waals surface area contributed by atoms with Crippen LogP contribution in [-0.2, 0) is 4.79 Å². The van der Waals surface area contributed by atoms with Crippen molar-refractivity contribution in [1.29, 1.82) is 0 Å². The summed E-state index contributed by atoms with van der Waals surface area (Å²) in [6.45, 7) is 5.66. The first-order chi connectivity index (χ1) is 5.75. The monoisotopic (exact) mass is 164 g/mol. The van der Waals surface area contributed by atoms with E-state index in [1.54, 1.807) is 6.08 Å². The summed E-state index contributed by atoms with van der Waals surface area (Å²) in [6.07, 6.45) is 6.72. The molecule has 1 rings (SSSR count). The zero-order valence-electron chi connectivity index (χ0n) is 7.73. The van der Waals surface area contributed by atoms with Gasteiger partial charge in [-0.1, -0.05) is 11.6 Å². The van der Waals surface area contributed by atoms with Crippen LogP contribution >= 0.6 is 0 Å². The molecule has 0 unspecified atom stereocenters. The summed E-state index contributed by atoms with van der Waals surface area (Å²) < 4.78 is 0. The summed E-state index contributed by atoms with van der Waals surface area (Å²) in [5.74, 6) is 0.280. The second kappa shape index (κ2) is 4.24. The SMILES string of the molecule is C=CCC(=O)C1=C(C)CCCC1. The van der Waals surface area contributed by atoms with Crippen molar-refractivity contribution in [2.45, 2.75) is 39.0 Å². The van der Waals surface area contributed by atoms with Crippen molar-refractivity contribution in [3.8, 4) is 0 Å². The Balaban J connectivity index is 2.70. The van der Waals surface area contributed by atoms with Crippen LogP contribution in [0.5, 0.6) is 0 Å². The first kappa shape index (κ1) is 9.24. The van der Waals surface area contributed by atoms with E-state index in [9.17, 15) is 4.79 Å². The predicted octanol–water partition coefficient (Wildman–Crippen LogP) is 3.02. The minimum atomic E-state index is 0.280. The van der Waals surface area contributed by atoms with Crippen LogP contribution in [0.4, 0.5) is 0 Å². The van der Waals surface area contributed by atoms with E-state index in [1.165, 1.54) is 18.4 Å². The normalized spacial score (nSPS) is 17.8. The number of allylic oxidation sites excluding steroid dienone is 3. The Labute approximate surface area is 74.2 Å². The second-order valence-electron chi connectivity index (χ2n) is 3.38. The van der Waals surface area contributed by atoms with E-state index in [-0.39, 0.29) is 5.78 Å². The summed E-state index contributed by atoms with van der Waals surface area (Å²) in [5.41, 5.74) is 2.37. The molecule has 0 bridgehead atoms. The van der Waals surface area contributed by atoms with Crippen LogP contribution in [0.1, 0.15) is 39.0 Å². The third kappa shape index (κ3) is 2.07. The van der Waals surface area contributed by atoms with Crippen molar-refractivity contribution in [3.63, 3.8) is 0 Å². The van der Waals surface area contributed by atoms with Crippen LogP contribution in [0, 0.1) is 0 Å². The average molecular weight is 164 g/mol. The van der Waals surface area contributed by atoms with Crippen molar-refractivity contribution in [2.24, 2.45) is 0 Å². The van der Waals surface area contributed by atoms with Gasteiger partial charge in [-0.15, -0.1) is 6.58 Å². The van der Waals surface area contributed by atoms with E-state index in [1.807, 2.05) is 0 Å². The molecule has 1 heteroatoms. The number of rotatable bonds is 3. The summed E-state index contributed by atoms with van der Waals surface area (Å²) in [4.78, 5) is 11.5. The molecule has 1 aliphatic rings. The number of ketones is 1. The van der Waals surface area contributed by atoms with Gasteiger partial charge in [0.05, 0.1) is 0 Å². The fourth-order valence-corrected chi connectivity index (χ4v) is 1.69. The maximum absolute atomic E-state index is 11.5. The maximum atomic E-state index is 11.5. The molecule has 0 radical (unpaired) electrons. The Kier molecular flexibility index (Phi) is 3.27. The molecule has 0 heterocycles. The first-order valence-corrected chi connectivity index (χ1v) is 4.58. The summed E-state index contributed by atoms with van der Waals surface area (Å²) in [5, 5.41) is 0. The predicted molar refractivity (Wildman–Crippen MR) is 51.0 cm³/mol. The Hall–Kier alpha value is -0.850. The molecular formula is C11H16O. The van der Waals surface area contributed by atoms with Crippen LogP contribution in [0.2, 0.25) is 0 Å². The zero-order valence-corrected chi connectivity index (χ0v) is 7.73. The van der Waals surface area contributed by atoms with E-state index in [2.05, 4.69) is 13.5 Å². The number of carbonyl (C=O) groups excluding carboxylic acids is 1. The summed E-state index contributed by atoms with van der Waals surface area (Å²) >= 11 is 0. The molecule has 0 amide bonds. The van der Waals surface area contributed by atoms with Crippen LogP contribution in [0.15, 0.2) is 23.8 Å². The minimum absolute atomic E-state index is 0.280. The number of hydrogen-bond donors (Lipinski definition) is 0. The summed E-state index contributed by atoms with van der Waals surface area (Å²) in [7, 11) is 0. The highest BCUT2D eigenvalue weighted by Crippen LogP contribution is 2.25. The van der Waals surface area contributed by atoms with Crippen molar-refractivity contribution < 1.29 is 4.79 Å². The van der Waals surface area contributed by atoms with Crippen molar-refractivity contribution in [1.82, 2.24) is 0 Å². The topological polar surface area (TPSA) is 17.1 Å². The van der Waals surface area contributed by atoms with E-state index < -0.39 is 0 Å². The third-order valence-corrected chi connectivity index (χ3v) is 2.41. The lowest BCUT2D eigenvalue weighted by atomic mass is 9.89. The van der Waals surface area contributed by atoms with Gasteiger partial charge < -0.3 is 0 Å². The smallest absolute Gasteiger partial charge is 0.162 e. The Morgan fingerprint density at radius 2 is 2.17 bits per heavy atom. The van der Waals surface area contributed by atoms with Gasteiger partial charge in [0.1, 0.15) is 0 Å². The summed E-state index contributed by atoms with van der Waals surface area (Å²) in [6, 6.07) is 0. The minimum Gasteiger partial charge on any atom is -0.294 e. The van der Waals surface area contributed by atoms with Gasteiger partial charge in [-0.2, -0.15) is 0 Å². The van der Waals surface area contributed by atoms with Crippen LogP contribution in [-0.4, -0.2) is 5.78 Å². The average Bonchev–Trinajstić information content (AvgIpc) is 2.05. The third-order valence-electron chi connectivity index (χ3n) is 2.41. The molecule has 0 atom stereocenters. The van der Waals surface area contributed by atoms with Crippen LogP contribution < -0.4 is 0 Å². The van der Waals surface area contributed by atoms with Gasteiger partial charge in [-0.05, 0) is 38.2 Å². The lowest BCUT2D eigenvalue weighted by Gasteiger charge is -2.15. The molecule has 0 aromatic heterocycles. The highest BCUT2D eigenvalue weighted by atomic mass is 16.1. The van der Waals surface area contributed by atoms with Gasteiger partial charge in [-0.3, -0.25) is 4.79 Å². The number of carbonyl (C=O) groups is 1. The molecule has 0 aliphatic heterocycles. The fourth-order valence-electron chi connectivity index (χ4n) is 1.69. The molecule has 0 aromatic rings. The largest absolute Gasteiger partial charge is 0.294 e. The first-order valence-electron chi connectivity index (χ1n) is 4.58. The number of hydrogen-bond acceptors (Lipinski definition) is 1. The van der Waals surface area contributed by atoms with E-state index in [0.717, 1.165) is 18.4 Å². The van der Waals surface area contributed by atoms with Gasteiger partial charge in [0.2, 0.25) is 0 Å². The van der Waals surface area contributed by atoms with E-state index >= 15 is 0 Å².